The number of carbonyl (C=O) groups is 1. The maximum atomic E-state index is 13.1. The number of nitrogens with zero attached hydrogens (tertiary/aromatic N) is 1. The Kier molecular flexibility index (Phi) is 5.31. The topological polar surface area (TPSA) is 90.7 Å². The lowest BCUT2D eigenvalue weighted by Crippen LogP contribution is -2.30. The molecule has 1 atom stereocenters. The molecule has 24 heavy (non-hydrogen) atoms. The molecule has 2 rings (SSSR count). The Morgan fingerprint density at radius 1 is 1.25 bits per heavy atom. The van der Waals surface area contributed by atoms with E-state index in [2.05, 4.69) is 5.32 Å². The number of hydrogen-bond acceptors (Lipinski definition) is 5. The van der Waals surface area contributed by atoms with Crippen molar-refractivity contribution in [3.63, 3.8) is 0 Å². The monoisotopic (exact) mass is 334 g/mol. The van der Waals surface area contributed by atoms with Gasteiger partial charge in [0.25, 0.3) is 11.6 Å². The molecule has 0 spiro atoms. The van der Waals surface area contributed by atoms with Gasteiger partial charge < -0.3 is 14.8 Å². The molecule has 0 aromatic heterocycles. The minimum Gasteiger partial charge on any atom is -0.493 e. The number of carbonyl (C=O) groups excluding carboxylic acids is 1. The van der Waals surface area contributed by atoms with Gasteiger partial charge in [-0.2, -0.15) is 0 Å². The molecule has 0 saturated carbocycles. The van der Waals surface area contributed by atoms with E-state index in [0.29, 0.717) is 0 Å². The zero-order chi connectivity index (χ0) is 17.7. The maximum Gasteiger partial charge on any atom is 0.273 e. The van der Waals surface area contributed by atoms with Gasteiger partial charge in [0, 0.05) is 11.8 Å². The summed E-state index contributed by atoms with van der Waals surface area (Å²) in [7, 11) is 1.38. The molecule has 2 aromatic carbocycles. The molecular weight excluding hydrogens is 319 g/mol. The SMILES string of the molecule is COc1ccc([N+](=O)[O-])cc1O[C@@H](C)C(=O)Nc1cccc(F)c1. The highest BCUT2D eigenvalue weighted by atomic mass is 19.1. The van der Waals surface area contributed by atoms with Crippen molar-refractivity contribution in [3.8, 4) is 11.5 Å². The Hall–Kier alpha value is -3.16. The molecule has 1 N–H and O–H groups in total. The van der Waals surface area contributed by atoms with Crippen molar-refractivity contribution in [2.75, 3.05) is 12.4 Å². The molecule has 0 saturated heterocycles. The average Bonchev–Trinajstić information content (AvgIpc) is 2.54. The molecule has 0 fully saturated rings. The Morgan fingerprint density at radius 2 is 2.00 bits per heavy atom. The van der Waals surface area contributed by atoms with E-state index >= 15 is 0 Å². The first-order chi connectivity index (χ1) is 11.4. The number of anilines is 1. The third kappa shape index (κ3) is 4.19. The van der Waals surface area contributed by atoms with Crippen LogP contribution in [0, 0.1) is 15.9 Å². The Balaban J connectivity index is 2.13. The zero-order valence-corrected chi connectivity index (χ0v) is 13.0. The fourth-order valence-corrected chi connectivity index (χ4v) is 1.93. The summed E-state index contributed by atoms with van der Waals surface area (Å²) in [5.74, 6) is -0.699. The van der Waals surface area contributed by atoms with Gasteiger partial charge in [-0.25, -0.2) is 4.39 Å². The second-order valence-corrected chi connectivity index (χ2v) is 4.85. The van der Waals surface area contributed by atoms with E-state index in [0.717, 1.165) is 0 Å². The van der Waals surface area contributed by atoms with Gasteiger partial charge in [0.2, 0.25) is 0 Å². The lowest BCUT2D eigenvalue weighted by molar-refractivity contribution is -0.385. The number of nitro benzene ring substituents is 1. The average molecular weight is 334 g/mol. The number of amides is 1. The smallest absolute Gasteiger partial charge is 0.273 e. The summed E-state index contributed by atoms with van der Waals surface area (Å²) in [6.07, 6.45) is -0.982. The highest BCUT2D eigenvalue weighted by molar-refractivity contribution is 5.94. The third-order valence-electron chi connectivity index (χ3n) is 3.12. The first-order valence-electron chi connectivity index (χ1n) is 6.96. The van der Waals surface area contributed by atoms with Gasteiger partial charge in [-0.1, -0.05) is 6.07 Å². The predicted molar refractivity (Wildman–Crippen MR) is 84.8 cm³/mol. The van der Waals surface area contributed by atoms with Crippen LogP contribution in [-0.4, -0.2) is 24.0 Å². The van der Waals surface area contributed by atoms with Crippen molar-refractivity contribution >= 4 is 17.3 Å². The summed E-state index contributed by atoms with van der Waals surface area (Å²) in [6, 6.07) is 9.22. The molecule has 0 radical (unpaired) electrons. The fraction of sp³-hybridized carbons (Fsp3) is 0.188. The number of nitrogens with one attached hydrogen (secondary N) is 1. The number of ether oxygens (including phenoxy) is 2. The molecule has 1 amide bonds. The molecule has 0 aliphatic rings. The molecule has 7 nitrogen and oxygen atoms in total. The molecule has 126 valence electrons. The Morgan fingerprint density at radius 3 is 2.62 bits per heavy atom. The standard InChI is InChI=1S/C16H15FN2O5/c1-10(16(20)18-12-5-3-4-11(17)8-12)24-15-9-13(19(21)22)6-7-14(15)23-2/h3-10H,1-2H3,(H,18,20)/t10-/m0/s1. The van der Waals surface area contributed by atoms with E-state index in [-0.39, 0.29) is 22.9 Å². The number of non-ortho nitro benzene ring substituents is 1. The number of methoxy groups -OCH3 is 1. The minimum absolute atomic E-state index is 0.0635. The van der Waals surface area contributed by atoms with Gasteiger partial charge in [-0.15, -0.1) is 0 Å². The van der Waals surface area contributed by atoms with Crippen molar-refractivity contribution in [1.29, 1.82) is 0 Å². The molecule has 8 heteroatoms. The highest BCUT2D eigenvalue weighted by Crippen LogP contribution is 2.32. The van der Waals surface area contributed by atoms with Crippen molar-refractivity contribution in [2.45, 2.75) is 13.0 Å². The Labute approximate surface area is 137 Å². The third-order valence-corrected chi connectivity index (χ3v) is 3.12. The van der Waals surface area contributed by atoms with Crippen LogP contribution in [0.3, 0.4) is 0 Å². The van der Waals surface area contributed by atoms with Crippen LogP contribution in [0.5, 0.6) is 11.5 Å². The number of benzene rings is 2. The van der Waals surface area contributed by atoms with Gasteiger partial charge in [0.15, 0.2) is 17.6 Å². The van der Waals surface area contributed by atoms with Crippen molar-refractivity contribution in [2.24, 2.45) is 0 Å². The van der Waals surface area contributed by atoms with Crippen molar-refractivity contribution in [1.82, 2.24) is 0 Å². The lowest BCUT2D eigenvalue weighted by atomic mass is 10.2. The van der Waals surface area contributed by atoms with Crippen LogP contribution in [0.2, 0.25) is 0 Å². The largest absolute Gasteiger partial charge is 0.493 e. The van der Waals surface area contributed by atoms with Gasteiger partial charge in [-0.3, -0.25) is 14.9 Å². The minimum atomic E-state index is -0.982. The molecule has 0 unspecified atom stereocenters. The quantitative estimate of drug-likeness (QED) is 0.647. The number of halogens is 1. The van der Waals surface area contributed by atoms with Crippen LogP contribution in [0.25, 0.3) is 0 Å². The van der Waals surface area contributed by atoms with E-state index in [4.69, 9.17) is 9.47 Å². The number of rotatable bonds is 6. The molecule has 0 heterocycles. The van der Waals surface area contributed by atoms with Crippen molar-refractivity contribution in [3.05, 3.63) is 58.4 Å². The van der Waals surface area contributed by atoms with Crippen molar-refractivity contribution < 1.29 is 23.6 Å². The van der Waals surface area contributed by atoms with Gasteiger partial charge in [0.05, 0.1) is 18.1 Å². The van der Waals surface area contributed by atoms with Crippen LogP contribution in [0.1, 0.15) is 6.92 Å². The van der Waals surface area contributed by atoms with Gasteiger partial charge >= 0.3 is 0 Å². The van der Waals surface area contributed by atoms with Crippen LogP contribution in [0.15, 0.2) is 42.5 Å². The second kappa shape index (κ2) is 7.40. The lowest BCUT2D eigenvalue weighted by Gasteiger charge is -2.16. The summed E-state index contributed by atoms with van der Waals surface area (Å²) >= 11 is 0. The maximum absolute atomic E-state index is 13.1. The number of nitro groups is 1. The first kappa shape index (κ1) is 17.2. The van der Waals surface area contributed by atoms with Gasteiger partial charge in [0.1, 0.15) is 5.82 Å². The van der Waals surface area contributed by atoms with Crippen LogP contribution < -0.4 is 14.8 Å². The van der Waals surface area contributed by atoms with Crippen LogP contribution in [-0.2, 0) is 4.79 Å². The van der Waals surface area contributed by atoms with Crippen LogP contribution >= 0.6 is 0 Å². The van der Waals surface area contributed by atoms with E-state index in [1.807, 2.05) is 0 Å². The Bertz CT molecular complexity index is 766. The van der Waals surface area contributed by atoms with Crippen LogP contribution in [0.4, 0.5) is 15.8 Å². The highest BCUT2D eigenvalue weighted by Gasteiger charge is 2.19. The zero-order valence-electron chi connectivity index (χ0n) is 13.0. The second-order valence-electron chi connectivity index (χ2n) is 4.85. The normalized spacial score (nSPS) is 11.5. The van der Waals surface area contributed by atoms with E-state index < -0.39 is 22.8 Å². The van der Waals surface area contributed by atoms with E-state index in [9.17, 15) is 19.3 Å². The summed E-state index contributed by atoms with van der Waals surface area (Å²) < 4.78 is 23.6. The molecular formula is C16H15FN2O5. The predicted octanol–water partition coefficient (Wildman–Crippen LogP) is 3.15. The molecule has 2 aromatic rings. The summed E-state index contributed by atoms with van der Waals surface area (Å²) in [5, 5.41) is 13.3. The van der Waals surface area contributed by atoms with Gasteiger partial charge in [-0.05, 0) is 31.2 Å². The first-order valence-corrected chi connectivity index (χ1v) is 6.96. The van der Waals surface area contributed by atoms with E-state index in [1.165, 1.54) is 56.5 Å². The summed E-state index contributed by atoms with van der Waals surface area (Å²) in [5.41, 5.74) is 0.0880. The molecule has 0 bridgehead atoms. The number of hydrogen-bond donors (Lipinski definition) is 1. The summed E-state index contributed by atoms with van der Waals surface area (Å²) in [6.45, 7) is 1.47. The molecule has 0 aliphatic heterocycles. The molecule has 0 aliphatic carbocycles. The summed E-state index contributed by atoms with van der Waals surface area (Å²) in [4.78, 5) is 22.4. The fourth-order valence-electron chi connectivity index (χ4n) is 1.93. The van der Waals surface area contributed by atoms with E-state index in [1.54, 1.807) is 0 Å².